The van der Waals surface area contributed by atoms with E-state index in [9.17, 15) is 30.0 Å². The third-order valence-electron chi connectivity index (χ3n) is 8.49. The van der Waals surface area contributed by atoms with Crippen LogP contribution in [0.2, 0.25) is 0 Å². The van der Waals surface area contributed by atoms with Crippen molar-refractivity contribution in [2.45, 2.75) is 76.6 Å². The fraction of sp³-hybridized carbons (Fsp3) is 0.485. The van der Waals surface area contributed by atoms with Gasteiger partial charge in [-0.25, -0.2) is 9.78 Å². The van der Waals surface area contributed by atoms with Crippen molar-refractivity contribution in [3.05, 3.63) is 69.7 Å². The van der Waals surface area contributed by atoms with E-state index in [4.69, 9.17) is 28.4 Å². The Bertz CT molecular complexity index is 1650. The van der Waals surface area contributed by atoms with Gasteiger partial charge in [-0.15, -0.1) is 11.3 Å². The standard InChI is InChI=1S/C33H39N3O12S/c1-18(2)36(29(38)21-6-9-27-28(13-21)47-33(41,42)46-27)14-26(37)25(35-31(39)48-32(40)17-45-30-24(32)10-11-43-30)12-20-4-7-23(8-5-20)44-15-22-16-49-19(3)34-22/h4-9,13,16,18,24-26,30,37,40-42H,10-12,14-15,17H2,1-3H3,(H,35,39). The Morgan fingerprint density at radius 2 is 1.86 bits per heavy atom. The Kier molecular flexibility index (Phi) is 10.00. The summed E-state index contributed by atoms with van der Waals surface area (Å²) in [5.41, 5.74) is 1.70. The van der Waals surface area contributed by atoms with E-state index in [-0.39, 0.29) is 36.6 Å². The van der Waals surface area contributed by atoms with E-state index >= 15 is 0 Å². The zero-order chi connectivity index (χ0) is 34.9. The zero-order valence-electron chi connectivity index (χ0n) is 27.1. The van der Waals surface area contributed by atoms with Crippen molar-refractivity contribution in [3.63, 3.8) is 0 Å². The van der Waals surface area contributed by atoms with E-state index in [1.165, 1.54) is 34.4 Å². The second-order valence-electron chi connectivity index (χ2n) is 12.5. The van der Waals surface area contributed by atoms with Gasteiger partial charge in [0.15, 0.2) is 17.8 Å². The van der Waals surface area contributed by atoms with E-state index in [0.29, 0.717) is 25.4 Å². The molecule has 49 heavy (non-hydrogen) atoms. The number of amides is 2. The van der Waals surface area contributed by atoms with Gasteiger partial charge >= 0.3 is 12.3 Å². The Labute approximate surface area is 285 Å². The van der Waals surface area contributed by atoms with Gasteiger partial charge in [-0.3, -0.25) is 15.0 Å². The molecule has 2 fully saturated rings. The smallest absolute Gasteiger partial charge is 0.487 e. The van der Waals surface area contributed by atoms with Gasteiger partial charge < -0.3 is 48.9 Å². The molecule has 2 aromatic carbocycles. The highest BCUT2D eigenvalue weighted by molar-refractivity contribution is 7.09. The highest BCUT2D eigenvalue weighted by Crippen LogP contribution is 2.40. The average molecular weight is 702 g/mol. The number of aromatic nitrogens is 1. The molecule has 1 aromatic heterocycles. The topological polar surface area (TPSA) is 199 Å². The second kappa shape index (κ2) is 14.1. The summed E-state index contributed by atoms with van der Waals surface area (Å²) >= 11 is 1.54. The molecule has 3 aromatic rings. The molecule has 5 atom stereocenters. The van der Waals surface area contributed by atoms with Crippen molar-refractivity contribution >= 4 is 23.3 Å². The van der Waals surface area contributed by atoms with E-state index < -0.39 is 54.3 Å². The third kappa shape index (κ3) is 8.07. The lowest BCUT2D eigenvalue weighted by Gasteiger charge is -2.33. The van der Waals surface area contributed by atoms with Crippen LogP contribution in [0.1, 0.15) is 46.9 Å². The molecule has 0 radical (unpaired) electrons. The largest absolute Gasteiger partial charge is 0.505 e. The Morgan fingerprint density at radius 3 is 2.57 bits per heavy atom. The van der Waals surface area contributed by atoms with Crippen LogP contribution in [-0.2, 0) is 27.2 Å². The first-order valence-corrected chi connectivity index (χ1v) is 16.7. The summed E-state index contributed by atoms with van der Waals surface area (Å²) in [4.78, 5) is 32.7. The lowest BCUT2D eigenvalue weighted by molar-refractivity contribution is -0.385. The predicted octanol–water partition coefficient (Wildman–Crippen LogP) is 2.03. The van der Waals surface area contributed by atoms with Gasteiger partial charge in [0.1, 0.15) is 19.0 Å². The van der Waals surface area contributed by atoms with Gasteiger partial charge in [-0.1, -0.05) is 12.1 Å². The number of aliphatic hydroxyl groups is 4. The van der Waals surface area contributed by atoms with Gasteiger partial charge in [0.25, 0.3) is 5.91 Å². The number of hydrogen-bond acceptors (Lipinski definition) is 14. The molecule has 6 rings (SSSR count). The number of hydrogen-bond donors (Lipinski definition) is 5. The molecule has 3 aliphatic rings. The van der Waals surface area contributed by atoms with Crippen LogP contribution in [-0.4, -0.2) is 98.5 Å². The first-order chi connectivity index (χ1) is 23.3. The fourth-order valence-electron chi connectivity index (χ4n) is 5.95. The number of aliphatic hydroxyl groups excluding tert-OH is 1. The molecule has 5 unspecified atom stereocenters. The van der Waals surface area contributed by atoms with Gasteiger partial charge in [0.05, 0.1) is 35.4 Å². The number of ether oxygens (including phenoxy) is 6. The van der Waals surface area contributed by atoms with E-state index in [0.717, 1.165) is 16.3 Å². The lowest BCUT2D eigenvalue weighted by atomic mass is 9.99. The number of fused-ring (bicyclic) bond motifs is 2. The number of thiazole rings is 1. The molecular formula is C33H39N3O12S. The summed E-state index contributed by atoms with van der Waals surface area (Å²) in [5.74, 6) is -2.34. The molecule has 0 saturated carbocycles. The minimum atomic E-state index is -2.85. The van der Waals surface area contributed by atoms with Crippen molar-refractivity contribution in [2.75, 3.05) is 19.8 Å². The Hall–Kier alpha value is -4.03. The SMILES string of the molecule is Cc1nc(COc2ccc(CC(NC(=O)OC3(O)COC4OCCC43)C(O)CN(C(=O)c3ccc4c(c3)OC(O)(O)O4)C(C)C)cc2)cs1. The van der Waals surface area contributed by atoms with Crippen molar-refractivity contribution in [3.8, 4) is 17.2 Å². The van der Waals surface area contributed by atoms with Crippen LogP contribution in [0.3, 0.4) is 0 Å². The van der Waals surface area contributed by atoms with Crippen molar-refractivity contribution in [1.82, 2.24) is 15.2 Å². The van der Waals surface area contributed by atoms with Crippen LogP contribution in [0.5, 0.6) is 17.2 Å². The first kappa shape index (κ1) is 34.8. The summed E-state index contributed by atoms with van der Waals surface area (Å²) in [7, 11) is 0. The number of aryl methyl sites for hydroxylation is 1. The van der Waals surface area contributed by atoms with Crippen LogP contribution in [0.4, 0.5) is 4.79 Å². The molecule has 5 N–H and O–H groups in total. The van der Waals surface area contributed by atoms with Crippen LogP contribution in [0, 0.1) is 12.8 Å². The van der Waals surface area contributed by atoms with Gasteiger partial charge in [0.2, 0.25) is 5.79 Å². The second-order valence-corrected chi connectivity index (χ2v) is 13.5. The van der Waals surface area contributed by atoms with Gasteiger partial charge in [0, 0.05) is 23.5 Å². The van der Waals surface area contributed by atoms with E-state index in [2.05, 4.69) is 10.3 Å². The molecule has 4 heterocycles. The maximum atomic E-state index is 13.7. The number of carbonyl (C=O) groups excluding carboxylic acids is 2. The van der Waals surface area contributed by atoms with Crippen molar-refractivity contribution < 1.29 is 58.4 Å². The quantitative estimate of drug-likeness (QED) is 0.172. The van der Waals surface area contributed by atoms with Crippen molar-refractivity contribution in [2.24, 2.45) is 5.92 Å². The predicted molar refractivity (Wildman–Crippen MR) is 171 cm³/mol. The van der Waals surface area contributed by atoms with E-state index in [1.54, 1.807) is 38.1 Å². The highest BCUT2D eigenvalue weighted by atomic mass is 32.1. The molecule has 0 spiro atoms. The van der Waals surface area contributed by atoms with Crippen LogP contribution in [0.25, 0.3) is 0 Å². The molecule has 2 saturated heterocycles. The number of rotatable bonds is 12. The molecule has 16 heteroatoms. The number of nitrogens with zero attached hydrogens (tertiary/aromatic N) is 2. The molecule has 15 nitrogen and oxygen atoms in total. The summed E-state index contributed by atoms with van der Waals surface area (Å²) < 4.78 is 32.0. The monoisotopic (exact) mass is 701 g/mol. The minimum absolute atomic E-state index is 0.0414. The van der Waals surface area contributed by atoms with Crippen LogP contribution >= 0.6 is 11.3 Å². The summed E-state index contributed by atoms with van der Waals surface area (Å²) in [6.07, 6.45) is -5.23. The molecule has 3 aliphatic heterocycles. The number of nitrogens with one attached hydrogen (secondary N) is 1. The van der Waals surface area contributed by atoms with Crippen molar-refractivity contribution in [1.29, 1.82) is 0 Å². The fourth-order valence-corrected chi connectivity index (χ4v) is 6.54. The molecule has 0 bridgehead atoms. The van der Waals surface area contributed by atoms with E-state index in [1.807, 2.05) is 12.3 Å². The molecule has 2 amide bonds. The van der Waals surface area contributed by atoms with Crippen LogP contribution < -0.4 is 19.5 Å². The summed E-state index contributed by atoms with van der Waals surface area (Å²) in [5, 5.41) is 47.5. The summed E-state index contributed by atoms with van der Waals surface area (Å²) in [6, 6.07) is 9.88. The maximum absolute atomic E-state index is 13.7. The Morgan fingerprint density at radius 1 is 1.10 bits per heavy atom. The maximum Gasteiger partial charge on any atom is 0.505 e. The molecule has 264 valence electrons. The molecule has 0 aliphatic carbocycles. The Balaban J connectivity index is 1.17. The number of benzene rings is 2. The third-order valence-corrected chi connectivity index (χ3v) is 9.31. The summed E-state index contributed by atoms with van der Waals surface area (Å²) in [6.45, 7) is 5.65. The van der Waals surface area contributed by atoms with Crippen LogP contribution in [0.15, 0.2) is 47.8 Å². The first-order valence-electron chi connectivity index (χ1n) is 15.8. The molecular weight excluding hydrogens is 662 g/mol. The average Bonchev–Trinajstić information content (AvgIpc) is 3.83. The highest BCUT2D eigenvalue weighted by Gasteiger charge is 2.55. The zero-order valence-corrected chi connectivity index (χ0v) is 27.9. The van der Waals surface area contributed by atoms with Gasteiger partial charge in [-0.05, 0) is 69.5 Å². The number of alkyl carbamates (subject to hydrolysis) is 1. The minimum Gasteiger partial charge on any atom is -0.487 e. The van der Waals surface area contributed by atoms with Gasteiger partial charge in [-0.2, -0.15) is 0 Å². The number of carbonyl (C=O) groups is 2. The lowest BCUT2D eigenvalue weighted by Crippen LogP contribution is -2.54. The normalized spacial score (nSPS) is 23.2.